The Morgan fingerprint density at radius 1 is 1.26 bits per heavy atom. The number of rotatable bonds is 7. The normalized spacial score (nSPS) is 17.3. The van der Waals surface area contributed by atoms with Gasteiger partial charge >= 0.3 is 0 Å². The molecule has 2 N–H and O–H groups in total. The van der Waals surface area contributed by atoms with Crippen molar-refractivity contribution in [1.82, 2.24) is 10.2 Å². The Morgan fingerprint density at radius 3 is 2.70 bits per heavy atom. The van der Waals surface area contributed by atoms with Gasteiger partial charge in [-0.2, -0.15) is 0 Å². The van der Waals surface area contributed by atoms with Crippen LogP contribution >= 0.6 is 11.8 Å². The smallest absolute Gasteiger partial charge is 0.234 e. The number of thioether (sulfide) groups is 1. The van der Waals surface area contributed by atoms with Crippen molar-refractivity contribution in [2.24, 2.45) is 0 Å². The molecule has 0 bridgehead atoms. The molecule has 5 nitrogen and oxygen atoms in total. The van der Waals surface area contributed by atoms with Gasteiger partial charge in [-0.3, -0.25) is 9.59 Å². The van der Waals surface area contributed by atoms with Crippen molar-refractivity contribution in [3.8, 4) is 0 Å². The molecule has 1 aliphatic rings. The van der Waals surface area contributed by atoms with E-state index in [4.69, 9.17) is 0 Å². The third kappa shape index (κ3) is 5.55. The summed E-state index contributed by atoms with van der Waals surface area (Å²) in [6, 6.07) is 7.99. The van der Waals surface area contributed by atoms with E-state index in [-0.39, 0.29) is 11.8 Å². The van der Waals surface area contributed by atoms with Crippen LogP contribution in [0.1, 0.15) is 18.4 Å². The van der Waals surface area contributed by atoms with Crippen molar-refractivity contribution in [3.05, 3.63) is 29.8 Å². The molecule has 1 atom stereocenters. The van der Waals surface area contributed by atoms with Crippen LogP contribution in [-0.2, 0) is 9.59 Å². The van der Waals surface area contributed by atoms with Crippen LogP contribution in [0.3, 0.4) is 0 Å². The topological polar surface area (TPSA) is 61.4 Å². The Morgan fingerprint density at radius 2 is 2.00 bits per heavy atom. The van der Waals surface area contributed by atoms with Crippen molar-refractivity contribution >= 4 is 29.3 Å². The van der Waals surface area contributed by atoms with Crippen molar-refractivity contribution in [2.75, 3.05) is 37.0 Å². The molecule has 1 aromatic carbocycles. The van der Waals surface area contributed by atoms with Gasteiger partial charge in [0.15, 0.2) is 0 Å². The molecule has 0 radical (unpaired) electrons. The second-order valence-corrected chi connectivity index (χ2v) is 6.83. The van der Waals surface area contributed by atoms with Crippen LogP contribution in [0.15, 0.2) is 24.3 Å². The van der Waals surface area contributed by atoms with Crippen LogP contribution in [0.5, 0.6) is 0 Å². The summed E-state index contributed by atoms with van der Waals surface area (Å²) in [4.78, 5) is 26.1. The molecule has 1 aliphatic heterocycles. The van der Waals surface area contributed by atoms with E-state index >= 15 is 0 Å². The van der Waals surface area contributed by atoms with Gasteiger partial charge in [-0.25, -0.2) is 0 Å². The largest absolute Gasteiger partial charge is 0.338 e. The minimum atomic E-state index is -0.0696. The summed E-state index contributed by atoms with van der Waals surface area (Å²) in [5, 5.41) is 5.98. The molecular formula is C17H25N3O2S. The molecule has 0 saturated carbocycles. The molecule has 2 amide bonds. The zero-order valence-electron chi connectivity index (χ0n) is 13.8. The fraction of sp³-hybridized carbons (Fsp3) is 0.529. The average molecular weight is 335 g/mol. The number of nitrogens with one attached hydrogen (secondary N) is 2. The van der Waals surface area contributed by atoms with Gasteiger partial charge in [-0.15, -0.1) is 11.8 Å². The molecular weight excluding hydrogens is 310 g/mol. The number of benzene rings is 1. The first-order valence-corrected chi connectivity index (χ1v) is 9.14. The lowest BCUT2D eigenvalue weighted by atomic mass is 10.2. The van der Waals surface area contributed by atoms with Crippen LogP contribution in [0, 0.1) is 6.92 Å². The summed E-state index contributed by atoms with van der Waals surface area (Å²) < 4.78 is 0. The number of likely N-dealkylation sites (tertiary alicyclic amines) is 1. The van der Waals surface area contributed by atoms with Gasteiger partial charge in [0, 0.05) is 24.8 Å². The lowest BCUT2D eigenvalue weighted by Gasteiger charge is -2.24. The summed E-state index contributed by atoms with van der Waals surface area (Å²) in [6.45, 7) is 3.68. The van der Waals surface area contributed by atoms with Gasteiger partial charge < -0.3 is 15.5 Å². The quantitative estimate of drug-likeness (QED) is 0.799. The summed E-state index contributed by atoms with van der Waals surface area (Å²) >= 11 is 1.38. The maximum Gasteiger partial charge on any atom is 0.234 e. The lowest BCUT2D eigenvalue weighted by Crippen LogP contribution is -2.41. The highest BCUT2D eigenvalue weighted by Crippen LogP contribution is 2.18. The Hall–Kier alpha value is -1.53. The number of hydrogen-bond donors (Lipinski definition) is 2. The van der Waals surface area contributed by atoms with Crippen LogP contribution < -0.4 is 10.6 Å². The second-order valence-electron chi connectivity index (χ2n) is 5.85. The number of anilines is 1. The molecule has 0 aromatic heterocycles. The third-order valence-electron chi connectivity index (χ3n) is 3.93. The van der Waals surface area contributed by atoms with Gasteiger partial charge in [0.2, 0.25) is 11.8 Å². The van der Waals surface area contributed by atoms with E-state index in [1.807, 2.05) is 43.1 Å². The SMILES string of the molecule is CNCC1CCCN1C(=O)CSCC(=O)Nc1ccc(C)cc1. The first kappa shape index (κ1) is 17.8. The fourth-order valence-corrected chi connectivity index (χ4v) is 3.46. The first-order chi connectivity index (χ1) is 11.1. The van der Waals surface area contributed by atoms with Crippen molar-refractivity contribution in [3.63, 3.8) is 0 Å². The van der Waals surface area contributed by atoms with Gasteiger partial charge in [0.05, 0.1) is 11.5 Å². The summed E-state index contributed by atoms with van der Waals surface area (Å²) in [5.41, 5.74) is 1.95. The van der Waals surface area contributed by atoms with Crippen LogP contribution in [0.4, 0.5) is 5.69 Å². The van der Waals surface area contributed by atoms with Gasteiger partial charge in [-0.1, -0.05) is 17.7 Å². The average Bonchev–Trinajstić information content (AvgIpc) is 2.98. The van der Waals surface area contributed by atoms with Crippen LogP contribution in [-0.4, -0.2) is 54.4 Å². The zero-order chi connectivity index (χ0) is 16.7. The highest BCUT2D eigenvalue weighted by molar-refractivity contribution is 8.00. The highest BCUT2D eigenvalue weighted by atomic mass is 32.2. The van der Waals surface area contributed by atoms with Gasteiger partial charge in [0.25, 0.3) is 0 Å². The Balaban J connectivity index is 1.70. The summed E-state index contributed by atoms with van der Waals surface area (Å²) in [6.07, 6.45) is 2.13. The van der Waals surface area contributed by atoms with E-state index in [0.717, 1.165) is 37.2 Å². The Kier molecular flexibility index (Phi) is 6.92. The van der Waals surface area contributed by atoms with E-state index in [1.165, 1.54) is 11.8 Å². The standard InChI is InChI=1S/C17H25N3O2S/c1-13-5-7-14(8-6-13)19-16(21)11-23-12-17(22)20-9-3-4-15(20)10-18-2/h5-8,15,18H,3-4,9-12H2,1-2H3,(H,19,21). The first-order valence-electron chi connectivity index (χ1n) is 7.98. The minimum Gasteiger partial charge on any atom is -0.338 e. The minimum absolute atomic E-state index is 0.0696. The molecule has 1 heterocycles. The number of hydrogen-bond acceptors (Lipinski definition) is 4. The van der Waals surface area contributed by atoms with Crippen molar-refractivity contribution < 1.29 is 9.59 Å². The van der Waals surface area contributed by atoms with Crippen molar-refractivity contribution in [2.45, 2.75) is 25.8 Å². The molecule has 0 aliphatic carbocycles. The van der Waals surface area contributed by atoms with E-state index in [1.54, 1.807) is 0 Å². The van der Waals surface area contributed by atoms with Crippen LogP contribution in [0.25, 0.3) is 0 Å². The van der Waals surface area contributed by atoms with Crippen LogP contribution in [0.2, 0.25) is 0 Å². The van der Waals surface area contributed by atoms with E-state index in [9.17, 15) is 9.59 Å². The predicted octanol–water partition coefficient (Wildman–Crippen LogP) is 1.88. The van der Waals surface area contributed by atoms with E-state index in [0.29, 0.717) is 17.5 Å². The summed E-state index contributed by atoms with van der Waals surface area (Å²) in [5.74, 6) is 0.724. The zero-order valence-corrected chi connectivity index (χ0v) is 14.6. The molecule has 0 spiro atoms. The maximum absolute atomic E-state index is 12.3. The second kappa shape index (κ2) is 8.93. The van der Waals surface area contributed by atoms with Gasteiger partial charge in [-0.05, 0) is 38.9 Å². The van der Waals surface area contributed by atoms with E-state index in [2.05, 4.69) is 10.6 Å². The summed E-state index contributed by atoms with van der Waals surface area (Å²) in [7, 11) is 1.91. The monoisotopic (exact) mass is 335 g/mol. The molecule has 1 unspecified atom stereocenters. The number of aryl methyl sites for hydroxylation is 1. The molecule has 6 heteroatoms. The molecule has 1 saturated heterocycles. The molecule has 1 aromatic rings. The molecule has 23 heavy (non-hydrogen) atoms. The van der Waals surface area contributed by atoms with Gasteiger partial charge in [0.1, 0.15) is 0 Å². The predicted molar refractivity (Wildman–Crippen MR) is 95.8 cm³/mol. The fourth-order valence-electron chi connectivity index (χ4n) is 2.76. The maximum atomic E-state index is 12.3. The number of amides is 2. The highest BCUT2D eigenvalue weighted by Gasteiger charge is 2.27. The third-order valence-corrected chi connectivity index (χ3v) is 4.85. The number of likely N-dealkylation sites (N-methyl/N-ethyl adjacent to an activating group) is 1. The molecule has 126 valence electrons. The Labute approximate surface area is 142 Å². The number of nitrogens with zero attached hydrogens (tertiary/aromatic N) is 1. The molecule has 2 rings (SSSR count). The van der Waals surface area contributed by atoms with E-state index < -0.39 is 0 Å². The van der Waals surface area contributed by atoms with Crippen molar-refractivity contribution in [1.29, 1.82) is 0 Å². The Bertz CT molecular complexity index is 533. The molecule has 1 fully saturated rings. The number of carbonyl (C=O) groups is 2. The number of carbonyl (C=O) groups excluding carboxylic acids is 2. The lowest BCUT2D eigenvalue weighted by molar-refractivity contribution is -0.129.